The molecule has 0 aromatic carbocycles. The van der Waals surface area contributed by atoms with Crippen molar-refractivity contribution >= 4 is 17.6 Å². The quantitative estimate of drug-likeness (QED) is 0.343. The second kappa shape index (κ2) is 3.09. The van der Waals surface area contributed by atoms with Crippen molar-refractivity contribution in [1.29, 1.82) is 0 Å². The first-order valence-corrected chi connectivity index (χ1v) is 3.78. The summed E-state index contributed by atoms with van der Waals surface area (Å²) in [6.07, 6.45) is 1.54. The molecule has 0 aromatic rings. The van der Waals surface area contributed by atoms with E-state index < -0.39 is 0 Å². The molecule has 1 aliphatic heterocycles. The Morgan fingerprint density at radius 2 is 2.36 bits per heavy atom. The lowest BCUT2D eigenvalue weighted by Gasteiger charge is -2.05. The molecular weight excluding hydrogens is 164 g/mol. The van der Waals surface area contributed by atoms with E-state index in [1.165, 1.54) is 5.54 Å². The van der Waals surface area contributed by atoms with Gasteiger partial charge in [-0.3, -0.25) is 0 Å². The van der Waals surface area contributed by atoms with Crippen LogP contribution in [0.2, 0.25) is 0 Å². The van der Waals surface area contributed by atoms with Crippen molar-refractivity contribution in [3.05, 3.63) is 23.8 Å². The summed E-state index contributed by atoms with van der Waals surface area (Å²) in [6, 6.07) is 0. The maximum absolute atomic E-state index is 11.0. The molecule has 0 spiro atoms. The summed E-state index contributed by atoms with van der Waals surface area (Å²) in [5.41, 5.74) is 1.76. The van der Waals surface area contributed by atoms with Gasteiger partial charge in [-0.25, -0.2) is 4.79 Å². The van der Waals surface area contributed by atoms with Gasteiger partial charge in [0, 0.05) is 11.5 Å². The second-order valence-corrected chi connectivity index (χ2v) is 2.65. The number of ether oxygens (including phenoxy) is 1. The van der Waals surface area contributed by atoms with E-state index in [4.69, 9.17) is 16.3 Å². The fourth-order valence-corrected chi connectivity index (χ4v) is 1.37. The van der Waals surface area contributed by atoms with Crippen LogP contribution in [0.15, 0.2) is 23.8 Å². The summed E-state index contributed by atoms with van der Waals surface area (Å²) >= 11 is 5.43. The Bertz CT molecular complexity index is 220. The lowest BCUT2D eigenvalue weighted by atomic mass is 9.99. The maximum Gasteiger partial charge on any atom is 0.335 e. The summed E-state index contributed by atoms with van der Waals surface area (Å²) in [4.78, 5) is 11.0. The van der Waals surface area contributed by atoms with E-state index in [0.717, 1.165) is 0 Å². The molecule has 0 aromatic heterocycles. The number of hydrogen-bond acceptors (Lipinski definition) is 2. The molecule has 0 bridgehead atoms. The van der Waals surface area contributed by atoms with E-state index in [-0.39, 0.29) is 18.0 Å². The van der Waals surface area contributed by atoms with Gasteiger partial charge < -0.3 is 4.74 Å². The highest BCUT2D eigenvalue weighted by Crippen LogP contribution is 2.28. The van der Waals surface area contributed by atoms with Gasteiger partial charge >= 0.3 is 5.97 Å². The Kier molecular flexibility index (Phi) is 2.35. The fraction of sp³-hybridized carbons (Fsp3) is 0.375. The minimum Gasteiger partial charge on any atom is -0.458 e. The van der Waals surface area contributed by atoms with Crippen molar-refractivity contribution in [2.24, 2.45) is 5.92 Å². The molecule has 1 saturated heterocycles. The average Bonchev–Trinajstić information content (AvgIpc) is 2.24. The van der Waals surface area contributed by atoms with Gasteiger partial charge in [-0.1, -0.05) is 17.7 Å². The zero-order valence-electron chi connectivity index (χ0n) is 6.21. The molecule has 11 heavy (non-hydrogen) atoms. The minimum atomic E-state index is -0.336. The molecule has 0 N–H and O–H groups in total. The van der Waals surface area contributed by atoms with Crippen LogP contribution < -0.4 is 0 Å². The summed E-state index contributed by atoms with van der Waals surface area (Å²) in [7, 11) is 0. The topological polar surface area (TPSA) is 26.3 Å². The number of carbonyl (C=O) groups excluding carboxylic acids is 1. The first-order chi connectivity index (χ1) is 5.20. The highest BCUT2D eigenvalue weighted by atomic mass is 35.5. The van der Waals surface area contributed by atoms with Gasteiger partial charge in [-0.05, 0) is 6.92 Å². The van der Waals surface area contributed by atoms with Crippen LogP contribution >= 0.6 is 11.6 Å². The van der Waals surface area contributed by atoms with Crippen molar-refractivity contribution in [2.45, 2.75) is 13.0 Å². The molecule has 2 atom stereocenters. The van der Waals surface area contributed by atoms with E-state index in [0.29, 0.717) is 5.57 Å². The van der Waals surface area contributed by atoms with Gasteiger partial charge in [0.25, 0.3) is 0 Å². The summed E-state index contributed by atoms with van der Waals surface area (Å²) in [5.74, 6) is -0.391. The number of carbonyl (C=O) groups is 1. The van der Waals surface area contributed by atoms with Gasteiger partial charge in [0.05, 0.1) is 5.57 Å². The van der Waals surface area contributed by atoms with E-state index >= 15 is 0 Å². The molecule has 1 aliphatic rings. The Hall–Kier alpha value is -0.760. The summed E-state index contributed by atoms with van der Waals surface area (Å²) in [5, 5.41) is 0. The van der Waals surface area contributed by atoms with Gasteiger partial charge in [0.2, 0.25) is 0 Å². The first-order valence-electron chi connectivity index (χ1n) is 3.34. The molecular formula is C8H9ClO2. The number of esters is 1. The van der Waals surface area contributed by atoms with Crippen LogP contribution in [-0.2, 0) is 9.53 Å². The molecule has 0 radical (unpaired) electrons. The number of cyclic esters (lactones) is 1. The van der Waals surface area contributed by atoms with Crippen LogP contribution in [0.3, 0.4) is 0 Å². The van der Waals surface area contributed by atoms with Gasteiger partial charge in [0.15, 0.2) is 0 Å². The SMILES string of the molecule is C=C[C@@H]1/C(=C/Cl)C(=O)O[C@@H]1C. The van der Waals surface area contributed by atoms with Crippen LogP contribution in [0, 0.1) is 5.92 Å². The zero-order valence-corrected chi connectivity index (χ0v) is 6.97. The standard InChI is InChI=1S/C8H9ClO2/c1-3-6-5(2)11-8(10)7(6)4-9/h3-6H,1H2,2H3/b7-4-/t5-,6+/m1/s1. The molecule has 0 amide bonds. The maximum atomic E-state index is 11.0. The summed E-state index contributed by atoms with van der Waals surface area (Å²) in [6.45, 7) is 5.41. The third kappa shape index (κ3) is 1.31. The van der Waals surface area contributed by atoms with E-state index in [2.05, 4.69) is 6.58 Å². The second-order valence-electron chi connectivity index (χ2n) is 2.44. The molecule has 0 unspecified atom stereocenters. The highest BCUT2D eigenvalue weighted by molar-refractivity contribution is 6.27. The van der Waals surface area contributed by atoms with E-state index in [1.807, 2.05) is 6.92 Å². The third-order valence-corrected chi connectivity index (χ3v) is 2.00. The highest BCUT2D eigenvalue weighted by Gasteiger charge is 2.34. The van der Waals surface area contributed by atoms with Crippen molar-refractivity contribution in [1.82, 2.24) is 0 Å². The van der Waals surface area contributed by atoms with Gasteiger partial charge in [-0.2, -0.15) is 0 Å². The van der Waals surface area contributed by atoms with E-state index in [9.17, 15) is 4.79 Å². The fourth-order valence-electron chi connectivity index (χ4n) is 1.14. The van der Waals surface area contributed by atoms with Crippen LogP contribution in [0.4, 0.5) is 0 Å². The van der Waals surface area contributed by atoms with Gasteiger partial charge in [0.1, 0.15) is 6.10 Å². The summed E-state index contributed by atoms with van der Waals surface area (Å²) < 4.78 is 4.91. The predicted molar refractivity (Wildman–Crippen MR) is 43.2 cm³/mol. The smallest absolute Gasteiger partial charge is 0.335 e. The average molecular weight is 173 g/mol. The third-order valence-electron chi connectivity index (χ3n) is 1.76. The zero-order chi connectivity index (χ0) is 8.43. The Labute approximate surface area is 70.5 Å². The lowest BCUT2D eigenvalue weighted by molar-refractivity contribution is -0.138. The monoisotopic (exact) mass is 172 g/mol. The van der Waals surface area contributed by atoms with E-state index in [1.54, 1.807) is 6.08 Å². The number of rotatable bonds is 1. The van der Waals surface area contributed by atoms with Crippen LogP contribution in [-0.4, -0.2) is 12.1 Å². The molecule has 1 fully saturated rings. The molecule has 60 valence electrons. The minimum absolute atomic E-state index is 0.0556. The number of hydrogen-bond donors (Lipinski definition) is 0. The number of halogens is 1. The Balaban J connectivity index is 2.92. The molecule has 0 saturated carbocycles. The van der Waals surface area contributed by atoms with Gasteiger partial charge in [-0.15, -0.1) is 6.58 Å². The van der Waals surface area contributed by atoms with Crippen LogP contribution in [0.1, 0.15) is 6.92 Å². The molecule has 2 nitrogen and oxygen atoms in total. The van der Waals surface area contributed by atoms with Crippen molar-refractivity contribution in [3.63, 3.8) is 0 Å². The Morgan fingerprint density at radius 1 is 1.73 bits per heavy atom. The van der Waals surface area contributed by atoms with Crippen LogP contribution in [0.25, 0.3) is 0 Å². The normalized spacial score (nSPS) is 34.0. The first kappa shape index (κ1) is 8.34. The predicted octanol–water partition coefficient (Wildman–Crippen LogP) is 1.86. The Morgan fingerprint density at radius 3 is 2.73 bits per heavy atom. The van der Waals surface area contributed by atoms with Crippen molar-refractivity contribution in [3.8, 4) is 0 Å². The molecule has 1 rings (SSSR count). The largest absolute Gasteiger partial charge is 0.458 e. The lowest BCUT2D eigenvalue weighted by Crippen LogP contribution is -2.08. The molecule has 3 heteroatoms. The van der Waals surface area contributed by atoms with Crippen LogP contribution in [0.5, 0.6) is 0 Å². The molecule has 1 heterocycles. The van der Waals surface area contributed by atoms with Crippen molar-refractivity contribution < 1.29 is 9.53 Å². The van der Waals surface area contributed by atoms with Crippen molar-refractivity contribution in [2.75, 3.05) is 0 Å². The molecule has 0 aliphatic carbocycles.